The summed E-state index contributed by atoms with van der Waals surface area (Å²) in [5.74, 6) is 0. The number of nitrogens with zero attached hydrogens (tertiary/aromatic N) is 2. The Hall–Kier alpha value is -6.85. The Morgan fingerprint density at radius 1 is 0.333 bits per heavy atom. The predicted octanol–water partition coefficient (Wildman–Crippen LogP) is 16.1. The molecule has 0 saturated heterocycles. The summed E-state index contributed by atoms with van der Waals surface area (Å²) in [7, 11) is 0. The van der Waals surface area contributed by atoms with Gasteiger partial charge in [0, 0.05) is 79.8 Å². The third kappa shape index (κ3) is 5.33. The highest BCUT2D eigenvalue weighted by Gasteiger charge is 2.18. The first kappa shape index (κ1) is 32.4. The fraction of sp³-hybridized carbons (Fsp3) is 0. The minimum Gasteiger partial charge on any atom is -0.310 e. The number of fused-ring (bicyclic) bond motifs is 11. The summed E-state index contributed by atoms with van der Waals surface area (Å²) < 4.78 is 5.31. The van der Waals surface area contributed by atoms with E-state index in [1.165, 1.54) is 84.1 Å². The van der Waals surface area contributed by atoms with E-state index < -0.39 is 0 Å². The van der Waals surface area contributed by atoms with Crippen LogP contribution in [0.2, 0.25) is 0 Å². The van der Waals surface area contributed by atoms with Gasteiger partial charge >= 0.3 is 0 Å². The van der Waals surface area contributed by atoms with Crippen molar-refractivity contribution in [3.8, 4) is 22.3 Å². The van der Waals surface area contributed by atoms with Gasteiger partial charge in [0.1, 0.15) is 0 Å². The van der Waals surface area contributed by atoms with Gasteiger partial charge in [-0.25, -0.2) is 0 Å². The van der Waals surface area contributed by atoms with Gasteiger partial charge in [-0.05, 0) is 99.8 Å². The molecular weight excluding hydrogens is 729 g/mol. The van der Waals surface area contributed by atoms with E-state index in [0.29, 0.717) is 0 Å². The van der Waals surface area contributed by atoms with Crippen LogP contribution in [0.3, 0.4) is 0 Å². The lowest BCUT2D eigenvalue weighted by atomic mass is 9.99. The molecule has 57 heavy (non-hydrogen) atoms. The molecule has 12 rings (SSSR count). The lowest BCUT2D eigenvalue weighted by molar-refractivity contribution is 1.30. The Labute approximate surface area is 337 Å². The summed E-state index contributed by atoms with van der Waals surface area (Å²) in [6.07, 6.45) is 1.85. The Kier molecular flexibility index (Phi) is 7.31. The molecule has 0 bridgehead atoms. The lowest BCUT2D eigenvalue weighted by Gasteiger charge is -2.26. The molecule has 4 heteroatoms. The van der Waals surface area contributed by atoms with Gasteiger partial charge in [-0.3, -0.25) is 4.98 Å². The van der Waals surface area contributed by atoms with Crippen LogP contribution < -0.4 is 4.90 Å². The quantitative estimate of drug-likeness (QED) is 0.174. The number of benzene rings is 9. The highest BCUT2D eigenvalue weighted by molar-refractivity contribution is 7.27. The average Bonchev–Trinajstić information content (AvgIpc) is 3.86. The SMILES string of the molecule is c1cnc2ccc(-c3ccc(-c4ccc(N(c5ccc6ccc7c8ccccc8sc7c6c5)c5ccc6ccc7c8ccccc8sc7c6c5)cc4)cc3)cc2c1. The molecule has 0 atom stereocenters. The van der Waals surface area contributed by atoms with Crippen molar-refractivity contribution in [2.45, 2.75) is 0 Å². The molecule has 3 aromatic heterocycles. The van der Waals surface area contributed by atoms with Crippen LogP contribution in [0.15, 0.2) is 194 Å². The molecule has 0 aliphatic heterocycles. The first-order valence-electron chi connectivity index (χ1n) is 19.3. The Morgan fingerprint density at radius 2 is 0.825 bits per heavy atom. The molecule has 9 aromatic carbocycles. The predicted molar refractivity (Wildman–Crippen MR) is 248 cm³/mol. The summed E-state index contributed by atoms with van der Waals surface area (Å²) in [4.78, 5) is 6.92. The normalized spacial score (nSPS) is 11.9. The smallest absolute Gasteiger partial charge is 0.0702 e. The summed E-state index contributed by atoms with van der Waals surface area (Å²) in [6, 6.07) is 69.2. The fourth-order valence-electron chi connectivity index (χ4n) is 8.62. The average molecular weight is 761 g/mol. The molecule has 0 aliphatic carbocycles. The molecule has 0 amide bonds. The van der Waals surface area contributed by atoms with Crippen molar-refractivity contribution >= 4 is 113 Å². The van der Waals surface area contributed by atoms with E-state index in [0.717, 1.165) is 28.0 Å². The van der Waals surface area contributed by atoms with Crippen LogP contribution in [0, 0.1) is 0 Å². The topological polar surface area (TPSA) is 16.1 Å². The standard InChI is InChI=1S/C53H32N2S2/c1-3-9-50-43(7-1)45-26-19-36-17-24-41(31-47(36)52(45)56-50)55(42-25-18-37-20-27-46-44-8-2-4-10-51(44)57-53(46)48(37)32-42)40-22-15-34(16-23-40)33-11-13-35(14-12-33)38-21-28-49-39(30-38)6-5-29-54-49/h1-32H. The summed E-state index contributed by atoms with van der Waals surface area (Å²) in [5, 5.41) is 11.5. The summed E-state index contributed by atoms with van der Waals surface area (Å²) >= 11 is 3.78. The molecular formula is C53H32N2S2. The third-order valence-electron chi connectivity index (χ3n) is 11.5. The van der Waals surface area contributed by atoms with Gasteiger partial charge in [0.15, 0.2) is 0 Å². The Bertz CT molecular complexity index is 3370. The van der Waals surface area contributed by atoms with Crippen molar-refractivity contribution in [2.24, 2.45) is 0 Å². The number of rotatable bonds is 5. The first-order valence-corrected chi connectivity index (χ1v) is 20.9. The minimum atomic E-state index is 1.01. The van der Waals surface area contributed by atoms with E-state index in [1.807, 2.05) is 34.9 Å². The van der Waals surface area contributed by atoms with Crippen LogP contribution in [0.4, 0.5) is 17.1 Å². The van der Waals surface area contributed by atoms with Gasteiger partial charge in [0.05, 0.1) is 5.52 Å². The van der Waals surface area contributed by atoms with Gasteiger partial charge < -0.3 is 4.90 Å². The number of anilines is 3. The zero-order chi connectivity index (χ0) is 37.5. The van der Waals surface area contributed by atoms with Gasteiger partial charge in [-0.15, -0.1) is 22.7 Å². The highest BCUT2D eigenvalue weighted by atomic mass is 32.1. The molecule has 0 aliphatic rings. The number of aromatic nitrogens is 1. The van der Waals surface area contributed by atoms with E-state index in [1.54, 1.807) is 0 Å². The zero-order valence-electron chi connectivity index (χ0n) is 30.7. The molecule has 0 fully saturated rings. The third-order valence-corrected chi connectivity index (χ3v) is 13.9. The molecule has 2 nitrogen and oxygen atoms in total. The van der Waals surface area contributed by atoms with Crippen LogP contribution in [-0.4, -0.2) is 4.98 Å². The van der Waals surface area contributed by atoms with Gasteiger partial charge in [-0.1, -0.05) is 121 Å². The molecule has 0 unspecified atom stereocenters. The second-order valence-corrected chi connectivity index (χ2v) is 16.9. The van der Waals surface area contributed by atoms with Crippen LogP contribution in [-0.2, 0) is 0 Å². The second-order valence-electron chi connectivity index (χ2n) is 14.8. The Balaban J connectivity index is 0.990. The number of hydrogen-bond acceptors (Lipinski definition) is 4. The molecule has 12 aromatic rings. The van der Waals surface area contributed by atoms with Gasteiger partial charge in [0.2, 0.25) is 0 Å². The second kappa shape index (κ2) is 12.9. The van der Waals surface area contributed by atoms with E-state index in [9.17, 15) is 0 Å². The molecule has 0 saturated carbocycles. The molecule has 266 valence electrons. The maximum atomic E-state index is 4.49. The largest absolute Gasteiger partial charge is 0.310 e. The maximum Gasteiger partial charge on any atom is 0.0702 e. The van der Waals surface area contributed by atoms with Crippen LogP contribution in [0.5, 0.6) is 0 Å². The Morgan fingerprint density at radius 3 is 1.42 bits per heavy atom. The monoisotopic (exact) mass is 760 g/mol. The van der Waals surface area contributed by atoms with Gasteiger partial charge in [-0.2, -0.15) is 0 Å². The first-order chi connectivity index (χ1) is 28.2. The van der Waals surface area contributed by atoms with E-state index in [-0.39, 0.29) is 0 Å². The molecule has 0 spiro atoms. The van der Waals surface area contributed by atoms with Crippen molar-refractivity contribution in [2.75, 3.05) is 4.90 Å². The highest BCUT2D eigenvalue weighted by Crippen LogP contribution is 2.45. The van der Waals surface area contributed by atoms with Crippen molar-refractivity contribution in [3.63, 3.8) is 0 Å². The lowest BCUT2D eigenvalue weighted by Crippen LogP contribution is -2.10. The summed E-state index contributed by atoms with van der Waals surface area (Å²) in [5.41, 5.74) is 9.17. The van der Waals surface area contributed by atoms with Crippen molar-refractivity contribution in [3.05, 3.63) is 194 Å². The summed E-state index contributed by atoms with van der Waals surface area (Å²) in [6.45, 7) is 0. The van der Waals surface area contributed by atoms with Gasteiger partial charge in [0.25, 0.3) is 0 Å². The fourth-order valence-corrected chi connectivity index (χ4v) is 11.1. The minimum absolute atomic E-state index is 1.01. The number of pyridine rings is 1. The molecule has 0 N–H and O–H groups in total. The maximum absolute atomic E-state index is 4.49. The molecule has 0 radical (unpaired) electrons. The van der Waals surface area contributed by atoms with E-state index in [2.05, 4.69) is 192 Å². The van der Waals surface area contributed by atoms with Crippen molar-refractivity contribution in [1.82, 2.24) is 4.98 Å². The van der Waals surface area contributed by atoms with Crippen LogP contribution in [0.25, 0.3) is 95.0 Å². The van der Waals surface area contributed by atoms with Crippen molar-refractivity contribution < 1.29 is 0 Å². The van der Waals surface area contributed by atoms with Crippen LogP contribution >= 0.6 is 22.7 Å². The van der Waals surface area contributed by atoms with E-state index >= 15 is 0 Å². The van der Waals surface area contributed by atoms with Crippen molar-refractivity contribution in [1.29, 1.82) is 0 Å². The zero-order valence-corrected chi connectivity index (χ0v) is 32.3. The van der Waals surface area contributed by atoms with E-state index in [4.69, 9.17) is 0 Å². The van der Waals surface area contributed by atoms with Crippen LogP contribution in [0.1, 0.15) is 0 Å². The number of hydrogen-bond donors (Lipinski definition) is 0. The molecule has 3 heterocycles. The number of thiophene rings is 2.